The zero-order valence-corrected chi connectivity index (χ0v) is 26.4. The van der Waals surface area contributed by atoms with Gasteiger partial charge in [0.25, 0.3) is 0 Å². The van der Waals surface area contributed by atoms with Crippen molar-refractivity contribution in [2.75, 3.05) is 27.2 Å². The molecule has 1 saturated heterocycles. The number of hydrogen-bond acceptors (Lipinski definition) is 7. The van der Waals surface area contributed by atoms with Crippen LogP contribution in [0.1, 0.15) is 48.4 Å². The van der Waals surface area contributed by atoms with E-state index in [4.69, 9.17) is 14.2 Å². The number of sulfonamides is 1. The van der Waals surface area contributed by atoms with Crippen LogP contribution in [-0.2, 0) is 43.6 Å². The first-order valence-electron chi connectivity index (χ1n) is 15.5. The largest absolute Gasteiger partial charge is 0.493 e. The standard InChI is InChI=1S/C35H40N2O6S/c1-24(38)43-35-18-16-28(36(2)44(39,40)23-26-12-8-5-9-13-26)33-34(35)19-21-37(20-17-25-10-6-4-7-11-25)30(35)22-27-14-15-29(41-3)32(42-33)31(27)34/h4-15,28,30,33H,16-23H2,1-3H3/t28-,30-,33+,34+,35-/m1/s1. The van der Waals surface area contributed by atoms with Gasteiger partial charge in [-0.1, -0.05) is 66.7 Å². The molecule has 9 heteroatoms. The number of carbonyl (C=O) groups excluding carboxylic acids is 1. The molecule has 2 aliphatic carbocycles. The van der Waals surface area contributed by atoms with Crippen LogP contribution in [0.25, 0.3) is 0 Å². The minimum Gasteiger partial charge on any atom is -0.493 e. The smallest absolute Gasteiger partial charge is 0.303 e. The van der Waals surface area contributed by atoms with Gasteiger partial charge in [-0.15, -0.1) is 0 Å². The van der Waals surface area contributed by atoms with E-state index in [9.17, 15) is 13.2 Å². The number of ether oxygens (including phenoxy) is 3. The minimum atomic E-state index is -3.68. The fourth-order valence-electron chi connectivity index (χ4n) is 8.84. The molecule has 0 N–H and O–H groups in total. The van der Waals surface area contributed by atoms with E-state index in [2.05, 4.69) is 35.2 Å². The van der Waals surface area contributed by atoms with Crippen molar-refractivity contribution in [3.05, 3.63) is 95.1 Å². The average molecular weight is 617 g/mol. The summed E-state index contributed by atoms with van der Waals surface area (Å²) in [6.07, 6.45) is 2.83. The molecule has 44 heavy (non-hydrogen) atoms. The first-order valence-corrected chi connectivity index (χ1v) is 17.2. The van der Waals surface area contributed by atoms with Gasteiger partial charge in [0.15, 0.2) is 11.5 Å². The lowest BCUT2D eigenvalue weighted by atomic mass is 9.48. The normalized spacial score (nSPS) is 28.7. The molecule has 8 nitrogen and oxygen atoms in total. The lowest BCUT2D eigenvalue weighted by Crippen LogP contribution is -2.79. The highest BCUT2D eigenvalue weighted by atomic mass is 32.2. The summed E-state index contributed by atoms with van der Waals surface area (Å²) >= 11 is 0. The van der Waals surface area contributed by atoms with Crippen molar-refractivity contribution in [1.82, 2.24) is 9.21 Å². The fourth-order valence-corrected chi connectivity index (χ4v) is 10.3. The topological polar surface area (TPSA) is 85.4 Å². The summed E-state index contributed by atoms with van der Waals surface area (Å²) < 4.78 is 48.6. The third-order valence-electron chi connectivity index (χ3n) is 10.7. The van der Waals surface area contributed by atoms with Gasteiger partial charge in [0, 0.05) is 26.1 Å². The Hall–Kier alpha value is -3.40. The molecule has 0 unspecified atom stereocenters. The van der Waals surface area contributed by atoms with Crippen molar-refractivity contribution in [3.8, 4) is 11.5 Å². The lowest BCUT2D eigenvalue weighted by molar-refractivity contribution is -0.221. The lowest BCUT2D eigenvalue weighted by Gasteiger charge is -2.65. The van der Waals surface area contributed by atoms with E-state index < -0.39 is 33.2 Å². The summed E-state index contributed by atoms with van der Waals surface area (Å²) in [7, 11) is -0.374. The molecular weight excluding hydrogens is 576 g/mol. The number of likely N-dealkylation sites (N-methyl/N-ethyl adjacent to an activating group) is 1. The molecule has 7 rings (SSSR count). The molecule has 0 radical (unpaired) electrons. The van der Waals surface area contributed by atoms with Crippen molar-refractivity contribution in [3.63, 3.8) is 0 Å². The van der Waals surface area contributed by atoms with Crippen LogP contribution in [0.15, 0.2) is 72.8 Å². The minimum absolute atomic E-state index is 0.0611. The second-order valence-corrected chi connectivity index (χ2v) is 14.8. The molecule has 232 valence electrons. The first kappa shape index (κ1) is 29.3. The Morgan fingerprint density at radius 1 is 1.02 bits per heavy atom. The van der Waals surface area contributed by atoms with E-state index in [-0.39, 0.29) is 17.8 Å². The summed E-state index contributed by atoms with van der Waals surface area (Å²) in [5.41, 5.74) is 2.66. The van der Waals surface area contributed by atoms with Crippen molar-refractivity contribution in [2.45, 2.75) is 74.0 Å². The van der Waals surface area contributed by atoms with Crippen LogP contribution in [-0.4, -0.2) is 74.6 Å². The van der Waals surface area contributed by atoms with Gasteiger partial charge in [-0.05, 0) is 61.4 Å². The maximum absolute atomic E-state index is 13.9. The Morgan fingerprint density at radius 2 is 1.73 bits per heavy atom. The molecule has 2 heterocycles. The number of likely N-dealkylation sites (tertiary alicyclic amines) is 1. The van der Waals surface area contributed by atoms with Gasteiger partial charge in [-0.25, -0.2) is 8.42 Å². The Kier molecular flexibility index (Phi) is 7.26. The molecule has 1 spiro atoms. The molecule has 5 atom stereocenters. The SMILES string of the molecule is COc1ccc2c3c1O[C@H]1[C@H](N(C)S(=O)(=O)Cc4ccccc4)CC[C@@]4(OC(C)=O)[C@@H](C2)N(CCc2ccccc2)CC[C@]314. The van der Waals surface area contributed by atoms with Crippen LogP contribution in [0, 0.1) is 0 Å². The van der Waals surface area contributed by atoms with Gasteiger partial charge in [0.1, 0.15) is 11.7 Å². The summed E-state index contributed by atoms with van der Waals surface area (Å²) in [4.78, 5) is 15.5. The zero-order chi connectivity index (χ0) is 30.7. The molecule has 2 aliphatic heterocycles. The summed E-state index contributed by atoms with van der Waals surface area (Å²) in [5, 5.41) is 0. The number of esters is 1. The van der Waals surface area contributed by atoms with Gasteiger partial charge in [-0.2, -0.15) is 4.31 Å². The van der Waals surface area contributed by atoms with E-state index in [0.717, 1.165) is 42.6 Å². The predicted molar refractivity (Wildman–Crippen MR) is 167 cm³/mol. The Balaban J connectivity index is 1.32. The number of hydrogen-bond donors (Lipinski definition) is 0. The third-order valence-corrected chi connectivity index (χ3v) is 12.5. The van der Waals surface area contributed by atoms with E-state index in [1.54, 1.807) is 14.2 Å². The van der Waals surface area contributed by atoms with Crippen LogP contribution in [0.5, 0.6) is 11.5 Å². The van der Waals surface area contributed by atoms with Crippen molar-refractivity contribution in [2.24, 2.45) is 0 Å². The molecule has 4 aliphatic rings. The second kappa shape index (κ2) is 10.9. The third kappa shape index (κ3) is 4.38. The quantitative estimate of drug-likeness (QED) is 0.328. The first-order chi connectivity index (χ1) is 21.2. The Morgan fingerprint density at radius 3 is 2.41 bits per heavy atom. The van der Waals surface area contributed by atoms with Gasteiger partial charge >= 0.3 is 5.97 Å². The van der Waals surface area contributed by atoms with Crippen molar-refractivity contribution >= 4 is 16.0 Å². The molecule has 1 saturated carbocycles. The highest BCUT2D eigenvalue weighted by molar-refractivity contribution is 7.88. The van der Waals surface area contributed by atoms with Crippen LogP contribution in [0.2, 0.25) is 0 Å². The number of methoxy groups -OCH3 is 1. The van der Waals surface area contributed by atoms with Gasteiger partial charge in [0.05, 0.1) is 30.4 Å². The van der Waals surface area contributed by atoms with E-state index in [1.165, 1.54) is 16.8 Å². The van der Waals surface area contributed by atoms with E-state index in [1.807, 2.05) is 42.5 Å². The number of carbonyl (C=O) groups is 1. The molecule has 2 bridgehead atoms. The fraction of sp³-hybridized carbons (Fsp3) is 0.457. The maximum atomic E-state index is 13.9. The Labute approximate surface area is 260 Å². The number of benzene rings is 3. The van der Waals surface area contributed by atoms with E-state index in [0.29, 0.717) is 30.8 Å². The van der Waals surface area contributed by atoms with Crippen molar-refractivity contribution in [1.29, 1.82) is 0 Å². The van der Waals surface area contributed by atoms with Crippen LogP contribution in [0.3, 0.4) is 0 Å². The number of rotatable bonds is 9. The number of piperidine rings is 1. The highest BCUT2D eigenvalue weighted by Crippen LogP contribution is 2.67. The zero-order valence-electron chi connectivity index (χ0n) is 25.6. The molecule has 3 aromatic carbocycles. The number of nitrogens with zero attached hydrogens (tertiary/aromatic N) is 2. The molecule has 2 fully saturated rings. The van der Waals surface area contributed by atoms with E-state index >= 15 is 0 Å². The summed E-state index contributed by atoms with van der Waals surface area (Å²) in [6.45, 7) is 3.13. The van der Waals surface area contributed by atoms with Gasteiger partial charge in [-0.3, -0.25) is 9.69 Å². The highest BCUT2D eigenvalue weighted by Gasteiger charge is 2.75. The molecule has 3 aromatic rings. The van der Waals surface area contributed by atoms with Crippen LogP contribution in [0.4, 0.5) is 0 Å². The van der Waals surface area contributed by atoms with Gasteiger partial charge in [0.2, 0.25) is 10.0 Å². The summed E-state index contributed by atoms with van der Waals surface area (Å²) in [6, 6.07) is 23.3. The van der Waals surface area contributed by atoms with Crippen LogP contribution >= 0.6 is 0 Å². The van der Waals surface area contributed by atoms with Gasteiger partial charge < -0.3 is 14.2 Å². The second-order valence-electron chi connectivity index (χ2n) is 12.7. The molecule has 0 aromatic heterocycles. The monoisotopic (exact) mass is 616 g/mol. The Bertz CT molecular complexity index is 1670. The molecular formula is C35H40N2O6S. The van der Waals surface area contributed by atoms with Crippen LogP contribution < -0.4 is 9.47 Å². The predicted octanol–water partition coefficient (Wildman–Crippen LogP) is 4.49. The van der Waals surface area contributed by atoms with Crippen molar-refractivity contribution < 1.29 is 27.4 Å². The maximum Gasteiger partial charge on any atom is 0.303 e. The summed E-state index contributed by atoms with van der Waals surface area (Å²) in [5.74, 6) is 0.889. The average Bonchev–Trinajstić information content (AvgIpc) is 3.36. The molecule has 0 amide bonds.